The van der Waals surface area contributed by atoms with E-state index in [1.807, 2.05) is 0 Å². The summed E-state index contributed by atoms with van der Waals surface area (Å²) in [6.45, 7) is 0. The lowest BCUT2D eigenvalue weighted by molar-refractivity contribution is 1.18. The number of hydrogen-bond donors (Lipinski definition) is 0. The Morgan fingerprint density at radius 3 is 1.27 bits per heavy atom. The summed E-state index contributed by atoms with van der Waals surface area (Å²) in [4.78, 5) is 2.33. The van der Waals surface area contributed by atoms with Crippen LogP contribution in [0.4, 0.5) is 17.1 Å². The van der Waals surface area contributed by atoms with Gasteiger partial charge in [-0.1, -0.05) is 140 Å². The lowest BCUT2D eigenvalue weighted by Crippen LogP contribution is -2.09. The lowest BCUT2D eigenvalue weighted by atomic mass is 9.89. The number of aromatic nitrogens is 1. The largest absolute Gasteiger partial charge is 0.311 e. The number of nitrogens with zero attached hydrogens (tertiary/aromatic N) is 2. The third-order valence-corrected chi connectivity index (χ3v) is 12.3. The molecule has 12 rings (SSSR count). The topological polar surface area (TPSA) is 8.17 Å². The van der Waals surface area contributed by atoms with Crippen LogP contribution in [0.5, 0.6) is 0 Å². The number of anilines is 3. The van der Waals surface area contributed by atoms with E-state index in [2.05, 4.69) is 240 Å². The van der Waals surface area contributed by atoms with Gasteiger partial charge in [-0.25, -0.2) is 0 Å². The fourth-order valence-corrected chi connectivity index (χ4v) is 9.44. The molecule has 280 valence electrons. The minimum atomic E-state index is 1.12. The van der Waals surface area contributed by atoms with E-state index in [4.69, 9.17) is 0 Å². The summed E-state index contributed by atoms with van der Waals surface area (Å²) in [6, 6.07) is 84.1. The molecule has 2 heteroatoms. The SMILES string of the molecule is c1ccc(-c2ccc(N(c3ccccc3)c3ccc(-c4cc5ccc6cc(-c7ccc8c(c7)c7ccccc7n8-c7ccccc7)cc7ccc(c4)c5c67)cc3)cc2)cc1. The Labute approximate surface area is 348 Å². The molecule has 0 fully saturated rings. The van der Waals surface area contributed by atoms with Crippen LogP contribution in [0.2, 0.25) is 0 Å². The molecular weight excluding hydrogens is 725 g/mol. The molecule has 0 radical (unpaired) electrons. The second kappa shape index (κ2) is 13.9. The summed E-state index contributed by atoms with van der Waals surface area (Å²) in [5.41, 5.74) is 14.3. The van der Waals surface area contributed by atoms with Crippen molar-refractivity contribution < 1.29 is 0 Å². The molecule has 0 bridgehead atoms. The first kappa shape index (κ1) is 34.1. The van der Waals surface area contributed by atoms with Gasteiger partial charge in [0.05, 0.1) is 11.0 Å². The smallest absolute Gasteiger partial charge is 0.0541 e. The van der Waals surface area contributed by atoms with Crippen molar-refractivity contribution in [3.05, 3.63) is 231 Å². The van der Waals surface area contributed by atoms with Crippen LogP contribution < -0.4 is 4.90 Å². The Morgan fingerprint density at radius 2 is 0.683 bits per heavy atom. The second-order valence-electron chi connectivity index (χ2n) is 15.8. The van der Waals surface area contributed by atoms with E-state index in [0.717, 1.165) is 17.1 Å². The van der Waals surface area contributed by atoms with Crippen LogP contribution in [0.15, 0.2) is 231 Å². The summed E-state index contributed by atoms with van der Waals surface area (Å²) in [5.74, 6) is 0. The number of para-hydroxylation sites is 3. The molecule has 0 spiro atoms. The van der Waals surface area contributed by atoms with Crippen LogP contribution in [0.3, 0.4) is 0 Å². The standard InChI is InChI=1S/C58H38N2/c1-4-12-39(13-5-1)40-24-29-51(30-25-40)59(49-14-6-2-7-15-49)52-31-26-41(27-32-52)47-34-43-20-22-45-36-48(37-46-23-21-44(35-47)57(43)58(45)46)42-28-33-56-54(38-42)53-18-10-11-19-55(53)60(56)50-16-8-3-9-17-50/h1-38H. The summed E-state index contributed by atoms with van der Waals surface area (Å²) in [6.07, 6.45) is 0. The summed E-state index contributed by atoms with van der Waals surface area (Å²) >= 11 is 0. The Hall–Kier alpha value is -7.94. The lowest BCUT2D eigenvalue weighted by Gasteiger charge is -2.26. The maximum atomic E-state index is 2.38. The molecule has 60 heavy (non-hydrogen) atoms. The first-order valence-corrected chi connectivity index (χ1v) is 20.7. The molecule has 1 aromatic heterocycles. The average molecular weight is 763 g/mol. The molecule has 12 aromatic rings. The second-order valence-corrected chi connectivity index (χ2v) is 15.8. The Bertz CT molecular complexity index is 3430. The molecule has 0 saturated heterocycles. The molecule has 11 aromatic carbocycles. The zero-order chi connectivity index (χ0) is 39.6. The monoisotopic (exact) mass is 762 g/mol. The maximum absolute atomic E-state index is 2.38. The third kappa shape index (κ3) is 5.65. The predicted molar refractivity (Wildman–Crippen MR) is 255 cm³/mol. The van der Waals surface area contributed by atoms with Crippen LogP contribution in [-0.4, -0.2) is 4.57 Å². The molecule has 2 nitrogen and oxygen atoms in total. The van der Waals surface area contributed by atoms with E-state index >= 15 is 0 Å². The van der Waals surface area contributed by atoms with Gasteiger partial charge in [0.1, 0.15) is 0 Å². The fraction of sp³-hybridized carbons (Fsp3) is 0. The van der Waals surface area contributed by atoms with Gasteiger partial charge >= 0.3 is 0 Å². The quantitative estimate of drug-likeness (QED) is 0.147. The molecule has 0 amide bonds. The Kier molecular flexibility index (Phi) is 7.89. The van der Waals surface area contributed by atoms with Crippen molar-refractivity contribution in [2.24, 2.45) is 0 Å². The highest BCUT2D eigenvalue weighted by Crippen LogP contribution is 2.42. The highest BCUT2D eigenvalue weighted by Gasteiger charge is 2.17. The number of benzene rings is 11. The predicted octanol–water partition coefficient (Wildman–Crippen LogP) is 16.2. The van der Waals surface area contributed by atoms with Crippen molar-refractivity contribution in [3.63, 3.8) is 0 Å². The van der Waals surface area contributed by atoms with Gasteiger partial charge in [0.2, 0.25) is 0 Å². The number of rotatable bonds is 7. The highest BCUT2D eigenvalue weighted by molar-refractivity contribution is 6.24. The van der Waals surface area contributed by atoms with Crippen molar-refractivity contribution in [3.8, 4) is 39.1 Å². The molecule has 0 atom stereocenters. The Morgan fingerprint density at radius 1 is 0.267 bits per heavy atom. The molecule has 0 saturated carbocycles. The number of hydrogen-bond acceptors (Lipinski definition) is 1. The summed E-state index contributed by atoms with van der Waals surface area (Å²) in [5, 5.41) is 10.2. The van der Waals surface area contributed by atoms with Crippen LogP contribution >= 0.6 is 0 Å². The molecule has 1 heterocycles. The van der Waals surface area contributed by atoms with Crippen LogP contribution in [-0.2, 0) is 0 Å². The van der Waals surface area contributed by atoms with Gasteiger partial charge in [-0.3, -0.25) is 0 Å². The fourth-order valence-electron chi connectivity index (χ4n) is 9.44. The third-order valence-electron chi connectivity index (χ3n) is 12.3. The van der Waals surface area contributed by atoms with E-state index in [1.165, 1.54) is 93.2 Å². The molecule has 0 aliphatic carbocycles. The zero-order valence-electron chi connectivity index (χ0n) is 32.8. The first-order valence-electron chi connectivity index (χ1n) is 20.7. The van der Waals surface area contributed by atoms with Crippen molar-refractivity contribution >= 4 is 71.2 Å². The van der Waals surface area contributed by atoms with E-state index in [0.29, 0.717) is 0 Å². The minimum Gasteiger partial charge on any atom is -0.311 e. The molecular formula is C58H38N2. The van der Waals surface area contributed by atoms with Crippen LogP contribution in [0, 0.1) is 0 Å². The average Bonchev–Trinajstić information content (AvgIpc) is 3.66. The Balaban J connectivity index is 0.898. The van der Waals surface area contributed by atoms with Crippen LogP contribution in [0.1, 0.15) is 0 Å². The summed E-state index contributed by atoms with van der Waals surface area (Å²) < 4.78 is 2.38. The zero-order valence-corrected chi connectivity index (χ0v) is 32.8. The number of fused-ring (bicyclic) bond motifs is 3. The van der Waals surface area contributed by atoms with Crippen molar-refractivity contribution in [2.75, 3.05) is 4.90 Å². The van der Waals surface area contributed by atoms with Gasteiger partial charge in [0.15, 0.2) is 0 Å². The van der Waals surface area contributed by atoms with E-state index in [9.17, 15) is 0 Å². The normalized spacial score (nSPS) is 11.7. The van der Waals surface area contributed by atoms with E-state index < -0.39 is 0 Å². The minimum absolute atomic E-state index is 1.12. The molecule has 0 unspecified atom stereocenters. The molecule has 0 N–H and O–H groups in total. The summed E-state index contributed by atoms with van der Waals surface area (Å²) in [7, 11) is 0. The maximum Gasteiger partial charge on any atom is 0.0541 e. The van der Waals surface area contributed by atoms with Gasteiger partial charge in [0, 0.05) is 33.5 Å². The molecule has 0 aliphatic rings. The van der Waals surface area contributed by atoms with Gasteiger partial charge in [-0.15, -0.1) is 0 Å². The van der Waals surface area contributed by atoms with Crippen molar-refractivity contribution in [2.45, 2.75) is 0 Å². The van der Waals surface area contributed by atoms with Crippen molar-refractivity contribution in [1.29, 1.82) is 0 Å². The van der Waals surface area contributed by atoms with E-state index in [-0.39, 0.29) is 0 Å². The van der Waals surface area contributed by atoms with Crippen LogP contribution in [0.25, 0.3) is 93.2 Å². The van der Waals surface area contributed by atoms with Crippen molar-refractivity contribution in [1.82, 2.24) is 4.57 Å². The van der Waals surface area contributed by atoms with Gasteiger partial charge in [0.25, 0.3) is 0 Å². The van der Waals surface area contributed by atoms with Gasteiger partial charge < -0.3 is 9.47 Å². The van der Waals surface area contributed by atoms with Gasteiger partial charge in [-0.05, 0) is 157 Å². The molecule has 0 aliphatic heterocycles. The van der Waals surface area contributed by atoms with E-state index in [1.54, 1.807) is 0 Å². The first-order chi connectivity index (χ1) is 29.7. The van der Waals surface area contributed by atoms with Gasteiger partial charge in [-0.2, -0.15) is 0 Å². The highest BCUT2D eigenvalue weighted by atomic mass is 15.1.